The van der Waals surface area contributed by atoms with Crippen LogP contribution in [0.25, 0.3) is 0 Å². The Morgan fingerprint density at radius 1 is 1.14 bits per heavy atom. The Bertz CT molecular complexity index is 985. The number of para-hydroxylation sites is 1. The summed E-state index contributed by atoms with van der Waals surface area (Å²) >= 11 is 0. The molecule has 0 fully saturated rings. The molecular formula is C24H24N2O2. The smallest absolute Gasteiger partial charge is 0.336 e. The summed E-state index contributed by atoms with van der Waals surface area (Å²) in [5.74, 6) is -0.397. The predicted octanol–water partition coefficient (Wildman–Crippen LogP) is 5.21. The summed E-state index contributed by atoms with van der Waals surface area (Å²) in [6, 6.07) is 18.7. The van der Waals surface area contributed by atoms with Gasteiger partial charge in [0.05, 0.1) is 5.56 Å². The predicted molar refractivity (Wildman–Crippen MR) is 112 cm³/mol. The summed E-state index contributed by atoms with van der Waals surface area (Å²) in [6.07, 6.45) is 7.13. The number of aromatic nitrogens is 1. The first-order valence-electron chi connectivity index (χ1n) is 9.71. The second-order valence-corrected chi connectivity index (χ2v) is 7.39. The molecule has 0 radical (unpaired) electrons. The standard InChI is InChI=1S/C24H24N2O2/c1-26(20-5-3-2-4-6-20)21-11-12-22-17(7-9-18(22)15-21)8-10-19-16-25-14-13-23(19)24(27)28/h2-6,11-17H,7-10H2,1H3,(H,27,28)/t17-/m1/s1. The maximum absolute atomic E-state index is 11.4. The van der Waals surface area contributed by atoms with Crippen molar-refractivity contribution in [2.24, 2.45) is 0 Å². The van der Waals surface area contributed by atoms with Gasteiger partial charge in [0.25, 0.3) is 0 Å². The summed E-state index contributed by atoms with van der Waals surface area (Å²) in [5, 5.41) is 9.36. The van der Waals surface area contributed by atoms with Crippen LogP contribution in [0.2, 0.25) is 0 Å². The Balaban J connectivity index is 1.49. The van der Waals surface area contributed by atoms with Crippen LogP contribution in [0.3, 0.4) is 0 Å². The first kappa shape index (κ1) is 18.2. The summed E-state index contributed by atoms with van der Waals surface area (Å²) in [6.45, 7) is 0. The van der Waals surface area contributed by atoms with E-state index in [1.54, 1.807) is 18.5 Å². The number of rotatable bonds is 6. The number of pyridine rings is 1. The Kier molecular flexibility index (Phi) is 5.11. The van der Waals surface area contributed by atoms with Crippen molar-refractivity contribution >= 4 is 17.3 Å². The minimum atomic E-state index is -0.877. The molecule has 4 rings (SSSR count). The van der Waals surface area contributed by atoms with Gasteiger partial charge >= 0.3 is 5.97 Å². The molecule has 0 bridgehead atoms. The number of nitrogens with zero attached hydrogens (tertiary/aromatic N) is 2. The highest BCUT2D eigenvalue weighted by Crippen LogP contribution is 2.39. The second-order valence-electron chi connectivity index (χ2n) is 7.39. The third kappa shape index (κ3) is 3.63. The van der Waals surface area contributed by atoms with Crippen molar-refractivity contribution in [3.8, 4) is 0 Å². The average Bonchev–Trinajstić information content (AvgIpc) is 3.14. The fourth-order valence-corrected chi connectivity index (χ4v) is 4.17. The summed E-state index contributed by atoms with van der Waals surface area (Å²) in [7, 11) is 2.10. The van der Waals surface area contributed by atoms with Gasteiger partial charge in [0.1, 0.15) is 0 Å². The molecule has 2 aromatic carbocycles. The van der Waals surface area contributed by atoms with E-state index in [4.69, 9.17) is 0 Å². The van der Waals surface area contributed by atoms with Crippen molar-refractivity contribution in [2.45, 2.75) is 31.6 Å². The normalized spacial score (nSPS) is 15.2. The number of anilines is 2. The van der Waals surface area contributed by atoms with Crippen molar-refractivity contribution in [1.29, 1.82) is 0 Å². The molecule has 0 amide bonds. The van der Waals surface area contributed by atoms with Gasteiger partial charge in [0.2, 0.25) is 0 Å². The molecule has 3 aromatic rings. The van der Waals surface area contributed by atoms with Crippen LogP contribution in [0.4, 0.5) is 11.4 Å². The van der Waals surface area contributed by atoms with Crippen LogP contribution in [0.1, 0.15) is 45.8 Å². The lowest BCUT2D eigenvalue weighted by Gasteiger charge is -2.21. The number of carboxylic acids is 1. The van der Waals surface area contributed by atoms with Gasteiger partial charge in [-0.15, -0.1) is 0 Å². The zero-order valence-electron chi connectivity index (χ0n) is 16.0. The molecule has 0 spiro atoms. The molecule has 0 saturated heterocycles. The maximum atomic E-state index is 11.4. The first-order chi connectivity index (χ1) is 13.6. The van der Waals surface area contributed by atoms with Gasteiger partial charge in [0.15, 0.2) is 0 Å². The van der Waals surface area contributed by atoms with Gasteiger partial charge in [0, 0.05) is 30.8 Å². The van der Waals surface area contributed by atoms with Crippen molar-refractivity contribution in [3.05, 3.63) is 89.2 Å². The van der Waals surface area contributed by atoms with Gasteiger partial charge in [-0.3, -0.25) is 4.98 Å². The molecule has 4 heteroatoms. The average molecular weight is 372 g/mol. The van der Waals surface area contributed by atoms with Crippen LogP contribution in [-0.2, 0) is 12.8 Å². The molecule has 28 heavy (non-hydrogen) atoms. The molecular weight excluding hydrogens is 348 g/mol. The highest BCUT2D eigenvalue weighted by molar-refractivity contribution is 5.89. The van der Waals surface area contributed by atoms with Crippen LogP contribution < -0.4 is 4.90 Å². The molecule has 1 aliphatic carbocycles. The van der Waals surface area contributed by atoms with E-state index in [0.29, 0.717) is 11.5 Å². The molecule has 0 unspecified atom stereocenters. The van der Waals surface area contributed by atoms with Gasteiger partial charge in [-0.2, -0.15) is 0 Å². The Labute approximate surface area is 165 Å². The number of aromatic carboxylic acids is 1. The number of carboxylic acid groups (broad SMARTS) is 1. The van der Waals surface area contributed by atoms with E-state index in [9.17, 15) is 9.90 Å². The molecule has 4 nitrogen and oxygen atoms in total. The third-order valence-corrected chi connectivity index (χ3v) is 5.76. The Morgan fingerprint density at radius 2 is 1.96 bits per heavy atom. The lowest BCUT2D eigenvalue weighted by Crippen LogP contribution is -2.09. The lowest BCUT2D eigenvalue weighted by molar-refractivity contribution is 0.0695. The fraction of sp³-hybridized carbons (Fsp3) is 0.250. The fourth-order valence-electron chi connectivity index (χ4n) is 4.17. The molecule has 1 atom stereocenters. The second kappa shape index (κ2) is 7.85. The number of benzene rings is 2. The van der Waals surface area contributed by atoms with E-state index in [1.165, 1.54) is 22.5 Å². The molecule has 1 aromatic heterocycles. The zero-order valence-corrected chi connectivity index (χ0v) is 16.0. The maximum Gasteiger partial charge on any atom is 0.336 e. The molecule has 1 N–H and O–H groups in total. The molecule has 0 aliphatic heterocycles. The third-order valence-electron chi connectivity index (χ3n) is 5.76. The largest absolute Gasteiger partial charge is 0.478 e. The topological polar surface area (TPSA) is 53.4 Å². The van der Waals surface area contributed by atoms with Crippen LogP contribution >= 0.6 is 0 Å². The van der Waals surface area contributed by atoms with Crippen molar-refractivity contribution in [1.82, 2.24) is 4.98 Å². The van der Waals surface area contributed by atoms with Crippen LogP contribution in [0.15, 0.2) is 67.0 Å². The van der Waals surface area contributed by atoms with Crippen molar-refractivity contribution in [3.63, 3.8) is 0 Å². The zero-order chi connectivity index (χ0) is 19.5. The van der Waals surface area contributed by atoms with Crippen LogP contribution in [0, 0.1) is 0 Å². The number of hydrogen-bond donors (Lipinski definition) is 1. The molecule has 1 aliphatic rings. The quantitative estimate of drug-likeness (QED) is 0.645. The van der Waals surface area contributed by atoms with Gasteiger partial charge in [-0.05, 0) is 78.6 Å². The van der Waals surface area contributed by atoms with Gasteiger partial charge < -0.3 is 10.0 Å². The van der Waals surface area contributed by atoms with E-state index >= 15 is 0 Å². The minimum absolute atomic E-state index is 0.369. The highest BCUT2D eigenvalue weighted by atomic mass is 16.4. The number of aryl methyl sites for hydroxylation is 2. The number of hydrogen-bond acceptors (Lipinski definition) is 3. The molecule has 1 heterocycles. The van der Waals surface area contributed by atoms with Crippen molar-refractivity contribution < 1.29 is 9.90 Å². The van der Waals surface area contributed by atoms with Crippen LogP contribution in [-0.4, -0.2) is 23.1 Å². The Hall–Kier alpha value is -3.14. The highest BCUT2D eigenvalue weighted by Gasteiger charge is 2.23. The van der Waals surface area contributed by atoms with E-state index in [0.717, 1.165) is 31.2 Å². The van der Waals surface area contributed by atoms with Gasteiger partial charge in [-0.1, -0.05) is 24.3 Å². The summed E-state index contributed by atoms with van der Waals surface area (Å²) in [4.78, 5) is 17.7. The molecule has 142 valence electrons. The van der Waals surface area contributed by atoms with Gasteiger partial charge in [-0.25, -0.2) is 4.79 Å². The number of carbonyl (C=O) groups is 1. The van der Waals surface area contributed by atoms with E-state index in [2.05, 4.69) is 59.4 Å². The molecule has 0 saturated carbocycles. The first-order valence-corrected chi connectivity index (χ1v) is 9.71. The van der Waals surface area contributed by atoms with E-state index in [1.807, 2.05) is 6.07 Å². The number of fused-ring (bicyclic) bond motifs is 1. The SMILES string of the molecule is CN(c1ccccc1)c1ccc2c(c1)CC[C@@H]2CCc1cnccc1C(=O)O. The van der Waals surface area contributed by atoms with Crippen LogP contribution in [0.5, 0.6) is 0 Å². The van der Waals surface area contributed by atoms with Crippen molar-refractivity contribution in [2.75, 3.05) is 11.9 Å². The summed E-state index contributed by atoms with van der Waals surface area (Å²) < 4.78 is 0. The van der Waals surface area contributed by atoms with E-state index in [-0.39, 0.29) is 0 Å². The Morgan fingerprint density at radius 3 is 2.75 bits per heavy atom. The summed E-state index contributed by atoms with van der Waals surface area (Å²) in [5.41, 5.74) is 6.39. The monoisotopic (exact) mass is 372 g/mol. The lowest BCUT2D eigenvalue weighted by atomic mass is 9.93. The minimum Gasteiger partial charge on any atom is -0.478 e. The van der Waals surface area contributed by atoms with E-state index < -0.39 is 5.97 Å².